The molecular formula is C14H27NO3. The number of rotatable bonds is 4. The Kier molecular flexibility index (Phi) is 5.01. The second-order valence-corrected chi connectivity index (χ2v) is 5.94. The van der Waals surface area contributed by atoms with Gasteiger partial charge < -0.3 is 19.9 Å². The minimum atomic E-state index is 0.0383. The van der Waals surface area contributed by atoms with Crippen LogP contribution in [0.15, 0.2) is 0 Å². The second kappa shape index (κ2) is 6.33. The predicted molar refractivity (Wildman–Crippen MR) is 70.5 cm³/mol. The van der Waals surface area contributed by atoms with Crippen LogP contribution in [0.4, 0.5) is 0 Å². The quantitative estimate of drug-likeness (QED) is 0.833. The molecule has 4 heteroatoms. The van der Waals surface area contributed by atoms with E-state index in [0.29, 0.717) is 12.5 Å². The van der Waals surface area contributed by atoms with Crippen LogP contribution in [0.1, 0.15) is 39.5 Å². The van der Waals surface area contributed by atoms with Gasteiger partial charge in [0.1, 0.15) is 0 Å². The van der Waals surface area contributed by atoms with Gasteiger partial charge in [-0.2, -0.15) is 0 Å². The number of hydrogen-bond donors (Lipinski definition) is 1. The highest BCUT2D eigenvalue weighted by atomic mass is 16.5. The number of ether oxygens (including phenoxy) is 3. The Hall–Kier alpha value is -0.160. The molecule has 2 atom stereocenters. The van der Waals surface area contributed by atoms with Crippen molar-refractivity contribution in [2.45, 2.75) is 57.3 Å². The van der Waals surface area contributed by atoms with Crippen LogP contribution in [0, 0.1) is 5.92 Å². The summed E-state index contributed by atoms with van der Waals surface area (Å²) in [6.45, 7) is 7.25. The van der Waals surface area contributed by atoms with Gasteiger partial charge in [-0.3, -0.25) is 0 Å². The van der Waals surface area contributed by atoms with E-state index in [1.54, 1.807) is 0 Å². The van der Waals surface area contributed by atoms with E-state index in [1.807, 2.05) is 0 Å². The van der Waals surface area contributed by atoms with Crippen LogP contribution in [-0.4, -0.2) is 44.2 Å². The van der Waals surface area contributed by atoms with Gasteiger partial charge in [0.2, 0.25) is 0 Å². The van der Waals surface area contributed by atoms with Crippen molar-refractivity contribution >= 4 is 0 Å². The summed E-state index contributed by atoms with van der Waals surface area (Å²) in [7, 11) is 0. The van der Waals surface area contributed by atoms with E-state index in [9.17, 15) is 0 Å². The van der Waals surface area contributed by atoms with Crippen LogP contribution in [0.3, 0.4) is 0 Å². The summed E-state index contributed by atoms with van der Waals surface area (Å²) < 4.78 is 17.1. The van der Waals surface area contributed by atoms with Gasteiger partial charge in [0, 0.05) is 25.9 Å². The Bertz CT molecular complexity index is 246. The fourth-order valence-corrected chi connectivity index (χ4v) is 2.96. The topological polar surface area (TPSA) is 53.7 Å². The van der Waals surface area contributed by atoms with Crippen molar-refractivity contribution in [2.75, 3.05) is 26.4 Å². The molecule has 0 aromatic heterocycles. The lowest BCUT2D eigenvalue weighted by Gasteiger charge is -2.44. The molecule has 1 spiro atoms. The van der Waals surface area contributed by atoms with E-state index in [0.717, 1.165) is 45.5 Å². The maximum absolute atomic E-state index is 6.27. The molecule has 2 aliphatic rings. The van der Waals surface area contributed by atoms with Crippen LogP contribution in [0.5, 0.6) is 0 Å². The van der Waals surface area contributed by atoms with Crippen LogP contribution in [0.2, 0.25) is 0 Å². The Morgan fingerprint density at radius 1 is 1.28 bits per heavy atom. The third kappa shape index (κ3) is 3.67. The molecule has 2 fully saturated rings. The van der Waals surface area contributed by atoms with Crippen molar-refractivity contribution in [3.63, 3.8) is 0 Å². The maximum Gasteiger partial charge on any atom is 0.0729 e. The molecule has 18 heavy (non-hydrogen) atoms. The first-order chi connectivity index (χ1) is 8.61. The van der Waals surface area contributed by atoms with Crippen LogP contribution in [0.25, 0.3) is 0 Å². The largest absolute Gasteiger partial charge is 0.381 e. The zero-order chi connectivity index (χ0) is 13.0. The molecule has 0 radical (unpaired) electrons. The standard InChI is InChI=1S/C14H27NO3/c1-11(2)17-10-13(15)12-3-6-18-14(9-12)4-7-16-8-5-14/h11-13H,3-10,15H2,1-2H3. The number of hydrogen-bond acceptors (Lipinski definition) is 4. The lowest BCUT2D eigenvalue weighted by atomic mass is 9.78. The Labute approximate surface area is 110 Å². The van der Waals surface area contributed by atoms with Gasteiger partial charge in [-0.15, -0.1) is 0 Å². The van der Waals surface area contributed by atoms with Gasteiger partial charge in [0.25, 0.3) is 0 Å². The molecule has 0 bridgehead atoms. The van der Waals surface area contributed by atoms with Gasteiger partial charge in [-0.1, -0.05) is 0 Å². The summed E-state index contributed by atoms with van der Waals surface area (Å²) in [6, 6.07) is 0.135. The summed E-state index contributed by atoms with van der Waals surface area (Å²) in [6.07, 6.45) is 4.42. The molecule has 2 aliphatic heterocycles. The van der Waals surface area contributed by atoms with E-state index >= 15 is 0 Å². The second-order valence-electron chi connectivity index (χ2n) is 5.94. The molecular weight excluding hydrogens is 230 g/mol. The van der Waals surface area contributed by atoms with Gasteiger partial charge in [0.05, 0.1) is 18.3 Å². The summed E-state index contributed by atoms with van der Waals surface area (Å²) >= 11 is 0. The van der Waals surface area contributed by atoms with Gasteiger partial charge in [-0.25, -0.2) is 0 Å². The SMILES string of the molecule is CC(C)OCC(N)C1CCOC2(CCOCC2)C1. The fraction of sp³-hybridized carbons (Fsp3) is 1.00. The summed E-state index contributed by atoms with van der Waals surface area (Å²) in [4.78, 5) is 0. The van der Waals surface area contributed by atoms with Crippen molar-refractivity contribution in [3.8, 4) is 0 Å². The Balaban J connectivity index is 1.85. The highest BCUT2D eigenvalue weighted by Gasteiger charge is 2.40. The van der Waals surface area contributed by atoms with Crippen molar-refractivity contribution < 1.29 is 14.2 Å². The molecule has 106 valence electrons. The smallest absolute Gasteiger partial charge is 0.0729 e. The van der Waals surface area contributed by atoms with Crippen LogP contribution < -0.4 is 5.73 Å². The van der Waals surface area contributed by atoms with Crippen LogP contribution in [-0.2, 0) is 14.2 Å². The van der Waals surface area contributed by atoms with Gasteiger partial charge >= 0.3 is 0 Å². The van der Waals surface area contributed by atoms with Crippen molar-refractivity contribution in [1.29, 1.82) is 0 Å². The lowest BCUT2D eigenvalue weighted by molar-refractivity contribution is -0.151. The molecule has 0 aliphatic carbocycles. The van der Waals surface area contributed by atoms with Crippen molar-refractivity contribution in [1.82, 2.24) is 0 Å². The first kappa shape index (κ1) is 14.3. The van der Waals surface area contributed by atoms with E-state index in [-0.39, 0.29) is 17.7 Å². The first-order valence-corrected chi connectivity index (χ1v) is 7.20. The fourth-order valence-electron chi connectivity index (χ4n) is 2.96. The summed E-state index contributed by atoms with van der Waals surface area (Å²) in [5.74, 6) is 0.524. The molecule has 0 saturated carbocycles. The third-order valence-corrected chi connectivity index (χ3v) is 4.16. The van der Waals surface area contributed by atoms with E-state index in [2.05, 4.69) is 13.8 Å². The highest BCUT2D eigenvalue weighted by molar-refractivity contribution is 4.91. The third-order valence-electron chi connectivity index (χ3n) is 4.16. The predicted octanol–water partition coefficient (Wildman–Crippen LogP) is 1.71. The number of nitrogens with two attached hydrogens (primary N) is 1. The molecule has 2 heterocycles. The van der Waals surface area contributed by atoms with Gasteiger partial charge in [-0.05, 0) is 45.4 Å². The van der Waals surface area contributed by atoms with Crippen molar-refractivity contribution in [2.24, 2.45) is 11.7 Å². The van der Waals surface area contributed by atoms with E-state index in [4.69, 9.17) is 19.9 Å². The average molecular weight is 257 g/mol. The zero-order valence-corrected chi connectivity index (χ0v) is 11.7. The normalized spacial score (nSPS) is 29.7. The molecule has 2 N–H and O–H groups in total. The van der Waals surface area contributed by atoms with Gasteiger partial charge in [0.15, 0.2) is 0 Å². The summed E-state index contributed by atoms with van der Waals surface area (Å²) in [5.41, 5.74) is 6.31. The monoisotopic (exact) mass is 257 g/mol. The maximum atomic E-state index is 6.27. The molecule has 2 rings (SSSR count). The molecule has 0 aromatic carbocycles. The van der Waals surface area contributed by atoms with Crippen molar-refractivity contribution in [3.05, 3.63) is 0 Å². The zero-order valence-electron chi connectivity index (χ0n) is 11.7. The molecule has 2 saturated heterocycles. The van der Waals surface area contributed by atoms with E-state index in [1.165, 1.54) is 0 Å². The highest BCUT2D eigenvalue weighted by Crippen LogP contribution is 2.37. The Morgan fingerprint density at radius 3 is 2.67 bits per heavy atom. The first-order valence-electron chi connectivity index (χ1n) is 7.20. The minimum Gasteiger partial charge on any atom is -0.381 e. The van der Waals surface area contributed by atoms with E-state index < -0.39 is 0 Å². The molecule has 0 aromatic rings. The Morgan fingerprint density at radius 2 is 2.00 bits per heavy atom. The molecule has 2 unspecified atom stereocenters. The van der Waals surface area contributed by atoms with Crippen LogP contribution >= 0.6 is 0 Å². The molecule has 0 amide bonds. The minimum absolute atomic E-state index is 0.0383. The average Bonchev–Trinajstić information content (AvgIpc) is 2.37. The lowest BCUT2D eigenvalue weighted by Crippen LogP contribution is -2.49. The molecule has 4 nitrogen and oxygen atoms in total. The summed E-state index contributed by atoms with van der Waals surface area (Å²) in [5, 5.41) is 0.